The van der Waals surface area contributed by atoms with Crippen LogP contribution in [0.3, 0.4) is 0 Å². The lowest BCUT2D eigenvalue weighted by Gasteiger charge is -2.14. The van der Waals surface area contributed by atoms with Gasteiger partial charge < -0.3 is 15.2 Å². The van der Waals surface area contributed by atoms with Gasteiger partial charge in [0.25, 0.3) is 5.91 Å². The normalized spacial score (nSPS) is 11.6. The predicted molar refractivity (Wildman–Crippen MR) is 74.4 cm³/mol. The number of carbonyl (C=O) groups is 3. The van der Waals surface area contributed by atoms with Gasteiger partial charge in [0.2, 0.25) is 0 Å². The zero-order chi connectivity index (χ0) is 15.3. The first kappa shape index (κ1) is 16.2. The van der Waals surface area contributed by atoms with E-state index in [-0.39, 0.29) is 0 Å². The summed E-state index contributed by atoms with van der Waals surface area (Å²) in [4.78, 5) is 34.2. The molecular weight excluding hydrogens is 330 g/mol. The number of amides is 1. The minimum atomic E-state index is -1.33. The van der Waals surface area contributed by atoms with Gasteiger partial charge in [-0.25, -0.2) is 4.79 Å². The van der Waals surface area contributed by atoms with Crippen LogP contribution in [0.15, 0.2) is 22.7 Å². The van der Waals surface area contributed by atoms with E-state index >= 15 is 0 Å². The second kappa shape index (κ2) is 7.04. The highest BCUT2D eigenvalue weighted by molar-refractivity contribution is 9.10. The molecule has 1 atom stereocenters. The predicted octanol–water partition coefficient (Wildman–Crippen LogP) is 1.50. The summed E-state index contributed by atoms with van der Waals surface area (Å²) < 4.78 is 5.14. The Hall–Kier alpha value is -1.89. The van der Waals surface area contributed by atoms with Crippen LogP contribution in [0.5, 0.6) is 0 Å². The molecule has 0 saturated heterocycles. The van der Waals surface area contributed by atoms with Gasteiger partial charge in [0.15, 0.2) is 0 Å². The van der Waals surface area contributed by atoms with Crippen LogP contribution in [0.1, 0.15) is 22.3 Å². The maximum absolute atomic E-state index is 12.1. The summed E-state index contributed by atoms with van der Waals surface area (Å²) in [5, 5.41) is 11.3. The Labute approximate surface area is 124 Å². The number of nitrogens with one attached hydrogen (secondary N) is 1. The van der Waals surface area contributed by atoms with E-state index in [2.05, 4.69) is 26.0 Å². The van der Waals surface area contributed by atoms with Crippen LogP contribution < -0.4 is 5.32 Å². The van der Waals surface area contributed by atoms with E-state index in [9.17, 15) is 14.4 Å². The van der Waals surface area contributed by atoms with E-state index in [0.29, 0.717) is 11.1 Å². The molecule has 1 aromatic rings. The standard InChI is InChI=1S/C13H14BrNO5/c1-7-8(4-3-5-9(7)14)12(17)15-10(13(18)19)6-11(16)20-2/h3-5,10H,6H2,1-2H3,(H,15,17)(H,18,19)/t10-/m0/s1. The van der Waals surface area contributed by atoms with E-state index in [0.717, 1.165) is 11.6 Å². The number of hydrogen-bond acceptors (Lipinski definition) is 4. The van der Waals surface area contributed by atoms with Crippen LogP contribution >= 0.6 is 15.9 Å². The zero-order valence-electron chi connectivity index (χ0n) is 11.0. The topological polar surface area (TPSA) is 92.7 Å². The number of rotatable bonds is 5. The number of hydrogen-bond donors (Lipinski definition) is 2. The number of carboxylic acids is 1. The Balaban J connectivity index is 2.88. The number of benzene rings is 1. The van der Waals surface area contributed by atoms with Gasteiger partial charge in [0.1, 0.15) is 6.04 Å². The van der Waals surface area contributed by atoms with Gasteiger partial charge in [-0.2, -0.15) is 0 Å². The average molecular weight is 344 g/mol. The van der Waals surface area contributed by atoms with Crippen LogP contribution in [0, 0.1) is 6.92 Å². The molecule has 7 heteroatoms. The molecule has 1 amide bonds. The second-order valence-electron chi connectivity index (χ2n) is 4.06. The third kappa shape index (κ3) is 4.06. The highest BCUT2D eigenvalue weighted by Gasteiger charge is 2.24. The first-order valence-corrected chi connectivity index (χ1v) is 6.51. The molecule has 0 saturated carbocycles. The molecule has 0 aliphatic heterocycles. The van der Waals surface area contributed by atoms with Crippen LogP contribution in [0.2, 0.25) is 0 Å². The van der Waals surface area contributed by atoms with E-state index in [1.165, 1.54) is 0 Å². The highest BCUT2D eigenvalue weighted by Crippen LogP contribution is 2.19. The van der Waals surface area contributed by atoms with Gasteiger partial charge in [-0.3, -0.25) is 9.59 Å². The highest BCUT2D eigenvalue weighted by atomic mass is 79.9. The number of carbonyl (C=O) groups excluding carboxylic acids is 2. The van der Waals surface area contributed by atoms with Crippen LogP contribution in [-0.2, 0) is 14.3 Å². The molecule has 2 N–H and O–H groups in total. The molecule has 0 aromatic heterocycles. The van der Waals surface area contributed by atoms with Crippen LogP contribution in [0.25, 0.3) is 0 Å². The van der Waals surface area contributed by atoms with Crippen LogP contribution in [0.4, 0.5) is 0 Å². The molecule has 0 radical (unpaired) electrons. The summed E-state index contributed by atoms with van der Waals surface area (Å²) in [6.07, 6.45) is -0.426. The fourth-order valence-corrected chi connectivity index (χ4v) is 1.91. The fourth-order valence-electron chi connectivity index (χ4n) is 1.54. The quantitative estimate of drug-likeness (QED) is 0.790. The Morgan fingerprint density at radius 3 is 2.60 bits per heavy atom. The Morgan fingerprint density at radius 2 is 2.05 bits per heavy atom. The number of esters is 1. The van der Waals surface area contributed by atoms with E-state index in [1.807, 2.05) is 0 Å². The summed E-state index contributed by atoms with van der Waals surface area (Å²) in [6, 6.07) is 3.69. The number of methoxy groups -OCH3 is 1. The van der Waals surface area contributed by atoms with Crippen molar-refractivity contribution in [2.24, 2.45) is 0 Å². The van der Waals surface area contributed by atoms with Crippen molar-refractivity contribution >= 4 is 33.8 Å². The van der Waals surface area contributed by atoms with E-state index < -0.39 is 30.3 Å². The Bertz CT molecular complexity index is 544. The molecule has 108 valence electrons. The van der Waals surface area contributed by atoms with Crippen LogP contribution in [-0.4, -0.2) is 36.1 Å². The summed E-state index contributed by atoms with van der Waals surface area (Å²) in [7, 11) is 1.15. The van der Waals surface area contributed by atoms with Crippen molar-refractivity contribution in [3.05, 3.63) is 33.8 Å². The molecule has 0 bridgehead atoms. The number of carboxylic acid groups (broad SMARTS) is 1. The third-order valence-corrected chi connectivity index (χ3v) is 3.57. The maximum Gasteiger partial charge on any atom is 0.326 e. The monoisotopic (exact) mass is 343 g/mol. The third-order valence-electron chi connectivity index (χ3n) is 2.71. The Kier molecular flexibility index (Phi) is 5.69. The summed E-state index contributed by atoms with van der Waals surface area (Å²) in [6.45, 7) is 1.73. The van der Waals surface area contributed by atoms with E-state index in [4.69, 9.17) is 5.11 Å². The van der Waals surface area contributed by atoms with Gasteiger partial charge in [0, 0.05) is 10.0 Å². The van der Waals surface area contributed by atoms with Crippen molar-refractivity contribution in [1.82, 2.24) is 5.32 Å². The lowest BCUT2D eigenvalue weighted by atomic mass is 10.1. The maximum atomic E-state index is 12.1. The summed E-state index contributed by atoms with van der Waals surface area (Å²) in [5.41, 5.74) is 1.03. The molecule has 0 spiro atoms. The van der Waals surface area contributed by atoms with Crippen molar-refractivity contribution in [1.29, 1.82) is 0 Å². The first-order chi connectivity index (χ1) is 9.36. The molecule has 1 rings (SSSR count). The van der Waals surface area contributed by atoms with Gasteiger partial charge in [-0.1, -0.05) is 22.0 Å². The summed E-state index contributed by atoms with van der Waals surface area (Å²) in [5.74, 6) is -2.56. The molecule has 0 aliphatic carbocycles. The zero-order valence-corrected chi connectivity index (χ0v) is 12.6. The van der Waals surface area contributed by atoms with Gasteiger partial charge >= 0.3 is 11.9 Å². The smallest absolute Gasteiger partial charge is 0.326 e. The van der Waals surface area contributed by atoms with E-state index in [1.54, 1.807) is 25.1 Å². The first-order valence-electron chi connectivity index (χ1n) is 5.72. The number of ether oxygens (including phenoxy) is 1. The minimum absolute atomic E-state index is 0.343. The molecular formula is C13H14BrNO5. The molecule has 0 aliphatic rings. The van der Waals surface area contributed by atoms with Crippen molar-refractivity contribution in [2.75, 3.05) is 7.11 Å². The average Bonchev–Trinajstić information content (AvgIpc) is 2.40. The van der Waals surface area contributed by atoms with Crippen molar-refractivity contribution in [3.63, 3.8) is 0 Å². The van der Waals surface area contributed by atoms with Crippen molar-refractivity contribution in [2.45, 2.75) is 19.4 Å². The van der Waals surface area contributed by atoms with Crippen molar-refractivity contribution in [3.8, 4) is 0 Å². The fraction of sp³-hybridized carbons (Fsp3) is 0.308. The molecule has 6 nitrogen and oxygen atoms in total. The van der Waals surface area contributed by atoms with Gasteiger partial charge in [0.05, 0.1) is 13.5 Å². The lowest BCUT2D eigenvalue weighted by Crippen LogP contribution is -2.42. The lowest BCUT2D eigenvalue weighted by molar-refractivity contribution is -0.147. The van der Waals surface area contributed by atoms with Gasteiger partial charge in [-0.15, -0.1) is 0 Å². The van der Waals surface area contributed by atoms with Crippen molar-refractivity contribution < 1.29 is 24.2 Å². The molecule has 0 fully saturated rings. The second-order valence-corrected chi connectivity index (χ2v) is 4.91. The minimum Gasteiger partial charge on any atom is -0.480 e. The molecule has 0 unspecified atom stereocenters. The summed E-state index contributed by atoms with van der Waals surface area (Å²) >= 11 is 3.29. The SMILES string of the molecule is COC(=O)C[C@H](NC(=O)c1cccc(Br)c1C)C(=O)O. The number of halogens is 1. The van der Waals surface area contributed by atoms with Gasteiger partial charge in [-0.05, 0) is 24.6 Å². The molecule has 0 heterocycles. The molecule has 20 heavy (non-hydrogen) atoms. The Morgan fingerprint density at radius 1 is 1.40 bits per heavy atom. The molecule has 1 aromatic carbocycles. The largest absolute Gasteiger partial charge is 0.480 e. The number of aliphatic carboxylic acids is 1.